The van der Waals surface area contributed by atoms with Gasteiger partial charge in [-0.2, -0.15) is 0 Å². The predicted molar refractivity (Wildman–Crippen MR) is 110 cm³/mol. The summed E-state index contributed by atoms with van der Waals surface area (Å²) in [6, 6.07) is 5.67. The molecule has 0 aromatic carbocycles. The molecule has 28 heavy (non-hydrogen) atoms. The first-order chi connectivity index (χ1) is 13.6. The Morgan fingerprint density at radius 2 is 2.04 bits per heavy atom. The molecule has 3 aromatic heterocycles. The Morgan fingerprint density at radius 3 is 2.75 bits per heavy atom. The first kappa shape index (κ1) is 18.6. The van der Waals surface area contributed by atoms with Crippen LogP contribution in [0.25, 0.3) is 11.0 Å². The van der Waals surface area contributed by atoms with Crippen LogP contribution in [0.4, 0.5) is 5.82 Å². The number of pyridine rings is 1. The molecule has 0 radical (unpaired) electrons. The van der Waals surface area contributed by atoms with Crippen molar-refractivity contribution in [1.29, 1.82) is 0 Å². The summed E-state index contributed by atoms with van der Waals surface area (Å²) in [7, 11) is 0. The molecule has 3 heterocycles. The summed E-state index contributed by atoms with van der Waals surface area (Å²) in [5, 5.41) is 1.06. The van der Waals surface area contributed by atoms with Gasteiger partial charge in [0, 0.05) is 43.2 Å². The third-order valence-corrected chi connectivity index (χ3v) is 5.76. The van der Waals surface area contributed by atoms with E-state index in [0.717, 1.165) is 48.3 Å². The smallest absolute Gasteiger partial charge is 0.165 e. The van der Waals surface area contributed by atoms with Crippen LogP contribution in [0.1, 0.15) is 49.9 Å². The second-order valence-corrected chi connectivity index (χ2v) is 8.06. The van der Waals surface area contributed by atoms with Crippen LogP contribution in [0.5, 0.6) is 0 Å². The molecule has 0 bridgehead atoms. The molecule has 1 saturated carbocycles. The van der Waals surface area contributed by atoms with E-state index in [0.29, 0.717) is 0 Å². The molecule has 1 aliphatic rings. The third kappa shape index (κ3) is 3.77. The molecule has 3 aromatic rings. The van der Waals surface area contributed by atoms with Gasteiger partial charge in [0.1, 0.15) is 17.8 Å². The van der Waals surface area contributed by atoms with Gasteiger partial charge in [-0.3, -0.25) is 9.78 Å². The van der Waals surface area contributed by atoms with E-state index in [1.54, 1.807) is 18.7 Å². The topological polar surface area (TPSA) is 74.8 Å². The lowest BCUT2D eigenvalue weighted by Crippen LogP contribution is -2.33. The molecule has 0 amide bonds. The molecule has 6 heteroatoms. The van der Waals surface area contributed by atoms with Crippen LogP contribution in [0.15, 0.2) is 43.1 Å². The summed E-state index contributed by atoms with van der Waals surface area (Å²) in [4.78, 5) is 31.3. The number of rotatable bonds is 9. The largest absolute Gasteiger partial charge is 0.355 e. The van der Waals surface area contributed by atoms with Gasteiger partial charge in [-0.15, -0.1) is 0 Å². The number of H-pyrrole nitrogens is 1. The minimum absolute atomic E-state index is 0.00560. The Kier molecular flexibility index (Phi) is 5.11. The Hall–Kier alpha value is -2.76. The van der Waals surface area contributed by atoms with E-state index in [-0.39, 0.29) is 17.1 Å². The van der Waals surface area contributed by atoms with Gasteiger partial charge >= 0.3 is 0 Å². The molecule has 1 fully saturated rings. The van der Waals surface area contributed by atoms with Gasteiger partial charge in [-0.1, -0.05) is 13.8 Å². The highest BCUT2D eigenvalue weighted by Crippen LogP contribution is 2.52. The quantitative estimate of drug-likeness (QED) is 0.564. The summed E-state index contributed by atoms with van der Waals surface area (Å²) < 4.78 is 0. The Labute approximate surface area is 165 Å². The van der Waals surface area contributed by atoms with E-state index in [9.17, 15) is 4.79 Å². The molecule has 0 aliphatic heterocycles. The maximum absolute atomic E-state index is 12.8. The fourth-order valence-corrected chi connectivity index (χ4v) is 4.19. The Morgan fingerprint density at radius 1 is 1.25 bits per heavy atom. The molecule has 1 unspecified atom stereocenters. The van der Waals surface area contributed by atoms with Gasteiger partial charge in [-0.25, -0.2) is 9.97 Å². The number of ketones is 1. The molecule has 1 aliphatic carbocycles. The van der Waals surface area contributed by atoms with Crippen LogP contribution in [0, 0.1) is 11.3 Å². The van der Waals surface area contributed by atoms with Gasteiger partial charge in [0.15, 0.2) is 5.78 Å². The van der Waals surface area contributed by atoms with Crippen molar-refractivity contribution in [3.63, 3.8) is 0 Å². The van der Waals surface area contributed by atoms with Gasteiger partial charge in [-0.05, 0) is 49.3 Å². The number of Topliss-reactive ketones (excluding diaryl/α,β-unsaturated/α-hetero) is 1. The maximum atomic E-state index is 12.8. The zero-order chi connectivity index (χ0) is 19.6. The third-order valence-electron chi connectivity index (χ3n) is 5.76. The lowest BCUT2D eigenvalue weighted by Gasteiger charge is -2.30. The van der Waals surface area contributed by atoms with Crippen LogP contribution in [-0.4, -0.2) is 38.8 Å². The van der Waals surface area contributed by atoms with Crippen molar-refractivity contribution in [2.24, 2.45) is 11.3 Å². The molecule has 1 atom stereocenters. The van der Waals surface area contributed by atoms with Crippen LogP contribution < -0.4 is 4.90 Å². The average Bonchev–Trinajstić information content (AvgIpc) is 3.28. The standard InChI is InChI=1S/C22H27N5O/c1-3-12-27(21-18-6-11-24-20(18)25-15-26-21)14-22(7-8-22)13-16(2)19(28)17-4-9-23-10-5-17/h4-6,9-11,15-16H,3,7-8,12-14H2,1-2H3,(H,24,25,26). The van der Waals surface area contributed by atoms with Gasteiger partial charge < -0.3 is 9.88 Å². The highest BCUT2D eigenvalue weighted by Gasteiger charge is 2.46. The summed E-state index contributed by atoms with van der Waals surface area (Å²) in [6.07, 6.45) is 11.2. The number of carbonyl (C=O) groups is 1. The van der Waals surface area contributed by atoms with Crippen molar-refractivity contribution in [2.75, 3.05) is 18.0 Å². The van der Waals surface area contributed by atoms with Crippen molar-refractivity contribution < 1.29 is 4.79 Å². The molecular formula is C22H27N5O. The number of nitrogens with one attached hydrogen (secondary N) is 1. The second-order valence-electron chi connectivity index (χ2n) is 8.06. The number of hydrogen-bond donors (Lipinski definition) is 1. The SMILES string of the molecule is CCCN(CC1(CC(C)C(=O)c2ccncc2)CC1)c1ncnc2[nH]ccc12. The fourth-order valence-electron chi connectivity index (χ4n) is 4.19. The zero-order valence-corrected chi connectivity index (χ0v) is 16.6. The van der Waals surface area contributed by atoms with Crippen molar-refractivity contribution in [3.8, 4) is 0 Å². The lowest BCUT2D eigenvalue weighted by molar-refractivity contribution is 0.0908. The zero-order valence-electron chi connectivity index (χ0n) is 16.6. The minimum atomic E-state index is 0.00560. The normalized spacial score (nSPS) is 16.1. The highest BCUT2D eigenvalue weighted by molar-refractivity contribution is 5.97. The molecule has 0 saturated heterocycles. The van der Waals surface area contributed by atoms with Crippen molar-refractivity contribution in [1.82, 2.24) is 19.9 Å². The molecule has 146 valence electrons. The Bertz CT molecular complexity index is 948. The van der Waals surface area contributed by atoms with Crippen LogP contribution >= 0.6 is 0 Å². The Balaban J connectivity index is 1.51. The van der Waals surface area contributed by atoms with E-state index in [1.165, 1.54) is 12.8 Å². The number of nitrogens with zero attached hydrogens (tertiary/aromatic N) is 4. The molecule has 0 spiro atoms. The number of hydrogen-bond acceptors (Lipinski definition) is 5. The van der Waals surface area contributed by atoms with Gasteiger partial charge in [0.2, 0.25) is 0 Å². The monoisotopic (exact) mass is 377 g/mol. The van der Waals surface area contributed by atoms with Crippen molar-refractivity contribution >= 4 is 22.6 Å². The summed E-state index contributed by atoms with van der Waals surface area (Å²) in [5.74, 6) is 1.21. The van der Waals surface area contributed by atoms with Gasteiger partial charge in [0.25, 0.3) is 0 Å². The number of anilines is 1. The first-order valence-electron chi connectivity index (χ1n) is 10.1. The maximum Gasteiger partial charge on any atom is 0.165 e. The number of aromatic nitrogens is 4. The summed E-state index contributed by atoms with van der Waals surface area (Å²) in [5.41, 5.74) is 1.83. The van der Waals surface area contributed by atoms with Crippen LogP contribution in [-0.2, 0) is 0 Å². The van der Waals surface area contributed by atoms with Crippen LogP contribution in [0.2, 0.25) is 0 Å². The lowest BCUT2D eigenvalue weighted by atomic mass is 9.87. The molecule has 1 N–H and O–H groups in total. The fraction of sp³-hybridized carbons (Fsp3) is 0.455. The summed E-state index contributed by atoms with van der Waals surface area (Å²) in [6.45, 7) is 6.14. The molecule has 6 nitrogen and oxygen atoms in total. The highest BCUT2D eigenvalue weighted by atomic mass is 16.1. The van der Waals surface area contributed by atoms with Crippen molar-refractivity contribution in [2.45, 2.75) is 39.5 Å². The average molecular weight is 377 g/mol. The number of fused-ring (bicyclic) bond motifs is 1. The van der Waals surface area contributed by atoms with Gasteiger partial charge in [0.05, 0.1) is 5.39 Å². The predicted octanol–water partition coefficient (Wildman–Crippen LogP) is 4.26. The van der Waals surface area contributed by atoms with E-state index >= 15 is 0 Å². The van der Waals surface area contributed by atoms with Crippen molar-refractivity contribution in [3.05, 3.63) is 48.7 Å². The summed E-state index contributed by atoms with van der Waals surface area (Å²) >= 11 is 0. The van der Waals surface area contributed by atoms with Crippen LogP contribution in [0.3, 0.4) is 0 Å². The van der Waals surface area contributed by atoms with E-state index in [2.05, 4.69) is 38.7 Å². The van der Waals surface area contributed by atoms with E-state index in [4.69, 9.17) is 0 Å². The number of aromatic amines is 1. The van der Waals surface area contributed by atoms with E-state index < -0.39 is 0 Å². The number of carbonyl (C=O) groups excluding carboxylic acids is 1. The molecule has 4 rings (SSSR count). The first-order valence-corrected chi connectivity index (χ1v) is 10.1. The minimum Gasteiger partial charge on any atom is -0.355 e. The van der Waals surface area contributed by atoms with E-state index in [1.807, 2.05) is 24.4 Å². The molecular weight excluding hydrogens is 350 g/mol. The second kappa shape index (κ2) is 7.70.